The van der Waals surface area contributed by atoms with Crippen LogP contribution in [0.2, 0.25) is 0 Å². The predicted octanol–water partition coefficient (Wildman–Crippen LogP) is 1.79. The van der Waals surface area contributed by atoms with Crippen molar-refractivity contribution < 1.29 is 4.74 Å². The van der Waals surface area contributed by atoms with Crippen molar-refractivity contribution in [2.45, 2.75) is 13.8 Å². The standard InChI is InChI=1S/C17H21N5O2/c1-11-7-12(2)9-13(8-11)24-6-5-21(3)17-19-15-14(16(23)20-17)10-18-22(15)4/h7-10H,5-6H2,1-4H3,(H,19,20,23). The summed E-state index contributed by atoms with van der Waals surface area (Å²) in [4.78, 5) is 21.2. The highest BCUT2D eigenvalue weighted by molar-refractivity contribution is 5.74. The summed E-state index contributed by atoms with van der Waals surface area (Å²) in [5.74, 6) is 1.35. The zero-order valence-corrected chi connectivity index (χ0v) is 14.3. The Morgan fingerprint density at radius 3 is 2.67 bits per heavy atom. The molecule has 0 saturated carbocycles. The Morgan fingerprint density at radius 2 is 1.96 bits per heavy atom. The zero-order chi connectivity index (χ0) is 17.3. The molecule has 1 aromatic carbocycles. The van der Waals surface area contributed by atoms with Crippen molar-refractivity contribution >= 4 is 17.0 Å². The number of aryl methyl sites for hydroxylation is 3. The molecule has 0 radical (unpaired) electrons. The molecule has 0 fully saturated rings. The molecule has 0 bridgehead atoms. The molecule has 1 N–H and O–H groups in total. The Balaban J connectivity index is 1.70. The second kappa shape index (κ2) is 6.35. The SMILES string of the molecule is Cc1cc(C)cc(OCCN(C)c2nc3c(cnn3C)c(=O)[nH]2)c1. The first-order chi connectivity index (χ1) is 11.4. The Kier molecular flexibility index (Phi) is 4.24. The molecule has 0 spiro atoms. The second-order valence-electron chi connectivity index (χ2n) is 5.99. The lowest BCUT2D eigenvalue weighted by atomic mass is 10.1. The number of ether oxygens (including phenoxy) is 1. The molecule has 126 valence electrons. The molecular weight excluding hydrogens is 306 g/mol. The van der Waals surface area contributed by atoms with Gasteiger partial charge in [-0.15, -0.1) is 0 Å². The number of anilines is 1. The number of nitrogens with one attached hydrogen (secondary N) is 1. The van der Waals surface area contributed by atoms with Crippen LogP contribution in [0.1, 0.15) is 11.1 Å². The quantitative estimate of drug-likeness (QED) is 0.773. The van der Waals surface area contributed by atoms with Gasteiger partial charge in [-0.25, -0.2) is 0 Å². The van der Waals surface area contributed by atoms with E-state index >= 15 is 0 Å². The summed E-state index contributed by atoms with van der Waals surface area (Å²) in [5, 5.41) is 4.55. The molecule has 0 saturated heterocycles. The summed E-state index contributed by atoms with van der Waals surface area (Å²) >= 11 is 0. The molecule has 0 aliphatic rings. The topological polar surface area (TPSA) is 76.0 Å². The van der Waals surface area contributed by atoms with E-state index in [1.54, 1.807) is 11.7 Å². The van der Waals surface area contributed by atoms with Gasteiger partial charge in [0.15, 0.2) is 5.65 Å². The summed E-state index contributed by atoms with van der Waals surface area (Å²) in [7, 11) is 3.63. The maximum atomic E-state index is 12.1. The lowest BCUT2D eigenvalue weighted by Crippen LogP contribution is -2.27. The van der Waals surface area contributed by atoms with E-state index in [9.17, 15) is 4.79 Å². The maximum absolute atomic E-state index is 12.1. The number of nitrogens with zero attached hydrogens (tertiary/aromatic N) is 4. The Bertz CT molecular complexity index is 908. The normalized spacial score (nSPS) is 11.0. The number of hydrogen-bond acceptors (Lipinski definition) is 5. The van der Waals surface area contributed by atoms with Crippen LogP contribution in [0.5, 0.6) is 5.75 Å². The summed E-state index contributed by atoms with van der Waals surface area (Å²) < 4.78 is 7.40. The Hall–Kier alpha value is -2.83. The fourth-order valence-electron chi connectivity index (χ4n) is 2.62. The number of aromatic nitrogens is 4. The number of H-pyrrole nitrogens is 1. The third-order valence-corrected chi connectivity index (χ3v) is 3.84. The minimum absolute atomic E-state index is 0.190. The van der Waals surface area contributed by atoms with Crippen molar-refractivity contribution in [3.8, 4) is 5.75 Å². The van der Waals surface area contributed by atoms with Gasteiger partial charge in [-0.3, -0.25) is 14.5 Å². The summed E-state index contributed by atoms with van der Waals surface area (Å²) in [6.07, 6.45) is 1.52. The minimum Gasteiger partial charge on any atom is -0.492 e. The summed E-state index contributed by atoms with van der Waals surface area (Å²) in [5.41, 5.74) is 2.72. The van der Waals surface area contributed by atoms with Crippen molar-refractivity contribution in [3.63, 3.8) is 0 Å². The minimum atomic E-state index is -0.190. The van der Waals surface area contributed by atoms with E-state index in [0.717, 1.165) is 5.75 Å². The first-order valence-electron chi connectivity index (χ1n) is 7.78. The maximum Gasteiger partial charge on any atom is 0.263 e. The number of aromatic amines is 1. The molecule has 3 aromatic rings. The van der Waals surface area contributed by atoms with Crippen LogP contribution in [0.4, 0.5) is 5.95 Å². The van der Waals surface area contributed by atoms with E-state index in [4.69, 9.17) is 4.74 Å². The van der Waals surface area contributed by atoms with Gasteiger partial charge in [0.05, 0.1) is 12.7 Å². The van der Waals surface area contributed by atoms with Gasteiger partial charge in [-0.2, -0.15) is 10.1 Å². The van der Waals surface area contributed by atoms with E-state index in [1.165, 1.54) is 17.3 Å². The van der Waals surface area contributed by atoms with Crippen molar-refractivity contribution in [1.82, 2.24) is 19.7 Å². The van der Waals surface area contributed by atoms with Gasteiger partial charge in [0.2, 0.25) is 5.95 Å². The molecule has 3 rings (SSSR count). The van der Waals surface area contributed by atoms with Gasteiger partial charge in [0, 0.05) is 14.1 Å². The molecule has 0 amide bonds. The number of rotatable bonds is 5. The highest BCUT2D eigenvalue weighted by Crippen LogP contribution is 2.16. The number of benzene rings is 1. The molecular formula is C17H21N5O2. The second-order valence-corrected chi connectivity index (χ2v) is 5.99. The van der Waals surface area contributed by atoms with Gasteiger partial charge in [-0.1, -0.05) is 6.07 Å². The molecule has 0 unspecified atom stereocenters. The number of fused-ring (bicyclic) bond motifs is 1. The third-order valence-electron chi connectivity index (χ3n) is 3.84. The average molecular weight is 327 g/mol. The lowest BCUT2D eigenvalue weighted by Gasteiger charge is -2.18. The fraction of sp³-hybridized carbons (Fsp3) is 0.353. The monoisotopic (exact) mass is 327 g/mol. The smallest absolute Gasteiger partial charge is 0.263 e. The number of likely N-dealkylation sites (N-methyl/N-ethyl adjacent to an activating group) is 1. The van der Waals surface area contributed by atoms with Gasteiger partial charge < -0.3 is 9.64 Å². The predicted molar refractivity (Wildman–Crippen MR) is 93.8 cm³/mol. The van der Waals surface area contributed by atoms with Crippen molar-refractivity contribution in [1.29, 1.82) is 0 Å². The van der Waals surface area contributed by atoms with Crippen LogP contribution >= 0.6 is 0 Å². The molecule has 2 heterocycles. The first kappa shape index (κ1) is 16.0. The van der Waals surface area contributed by atoms with Crippen molar-refractivity contribution in [2.75, 3.05) is 25.1 Å². The Labute approximate surface area is 139 Å². The van der Waals surface area contributed by atoms with Crippen LogP contribution in [0.15, 0.2) is 29.2 Å². The van der Waals surface area contributed by atoms with Gasteiger partial charge in [-0.05, 0) is 37.1 Å². The van der Waals surface area contributed by atoms with E-state index in [0.29, 0.717) is 30.1 Å². The van der Waals surface area contributed by atoms with Crippen LogP contribution in [0.3, 0.4) is 0 Å². The first-order valence-corrected chi connectivity index (χ1v) is 7.78. The van der Waals surface area contributed by atoms with Crippen molar-refractivity contribution in [2.24, 2.45) is 7.05 Å². The lowest BCUT2D eigenvalue weighted by molar-refractivity contribution is 0.325. The fourth-order valence-corrected chi connectivity index (χ4v) is 2.62. The van der Waals surface area contributed by atoms with Gasteiger partial charge in [0.25, 0.3) is 5.56 Å². The van der Waals surface area contributed by atoms with Crippen LogP contribution in [0, 0.1) is 13.8 Å². The van der Waals surface area contributed by atoms with E-state index < -0.39 is 0 Å². The van der Waals surface area contributed by atoms with Crippen LogP contribution < -0.4 is 15.2 Å². The molecule has 0 aliphatic carbocycles. The third kappa shape index (κ3) is 3.24. The van der Waals surface area contributed by atoms with Crippen LogP contribution in [0.25, 0.3) is 11.0 Å². The molecule has 24 heavy (non-hydrogen) atoms. The molecule has 2 aromatic heterocycles. The zero-order valence-electron chi connectivity index (χ0n) is 14.3. The van der Waals surface area contributed by atoms with Gasteiger partial charge >= 0.3 is 0 Å². The highest BCUT2D eigenvalue weighted by Gasteiger charge is 2.11. The van der Waals surface area contributed by atoms with Gasteiger partial charge in [0.1, 0.15) is 17.7 Å². The summed E-state index contributed by atoms with van der Waals surface area (Å²) in [6.45, 7) is 5.18. The average Bonchev–Trinajstić information content (AvgIpc) is 2.88. The molecule has 7 heteroatoms. The highest BCUT2D eigenvalue weighted by atomic mass is 16.5. The molecule has 7 nitrogen and oxygen atoms in total. The number of hydrogen-bond donors (Lipinski definition) is 1. The largest absolute Gasteiger partial charge is 0.492 e. The molecule has 0 atom stereocenters. The summed E-state index contributed by atoms with van der Waals surface area (Å²) in [6, 6.07) is 6.13. The van der Waals surface area contributed by atoms with E-state index in [2.05, 4.69) is 21.1 Å². The van der Waals surface area contributed by atoms with Crippen LogP contribution in [-0.2, 0) is 7.05 Å². The van der Waals surface area contributed by atoms with E-state index in [1.807, 2.05) is 37.9 Å². The van der Waals surface area contributed by atoms with Crippen molar-refractivity contribution in [3.05, 3.63) is 45.9 Å². The van der Waals surface area contributed by atoms with E-state index in [-0.39, 0.29) is 5.56 Å². The molecule has 0 aliphatic heterocycles. The Morgan fingerprint density at radius 1 is 1.25 bits per heavy atom. The van der Waals surface area contributed by atoms with Crippen LogP contribution in [-0.4, -0.2) is 39.9 Å².